The quantitative estimate of drug-likeness (QED) is 0.0991. The molecule has 4 heteroatoms. The topological polar surface area (TPSA) is 66.8 Å². The molecule has 1 rings (SSSR count). The normalized spacial score (nSPS) is 13.8. The average Bonchev–Trinajstić information content (AvgIpc) is 3.07. The number of rotatable bonds is 25. The first-order valence-corrected chi connectivity index (χ1v) is 19.6. The molecule has 1 aromatic rings. The molecule has 0 saturated carbocycles. The van der Waals surface area contributed by atoms with Crippen LogP contribution in [-0.4, -0.2) is 23.3 Å². The lowest BCUT2D eigenvalue weighted by atomic mass is 10.0. The summed E-state index contributed by atoms with van der Waals surface area (Å²) < 4.78 is 5.15. The van der Waals surface area contributed by atoms with Gasteiger partial charge in [0, 0.05) is 5.56 Å². The molecule has 0 heterocycles. The maximum Gasteiger partial charge on any atom is 0.335 e. The standard InChI is InChI=1S/C48H72O4/c1-36(2)18-11-19-37(3)20-12-21-38(4)22-13-23-39(5)24-14-25-40(6)26-15-27-41(7)28-16-29-42(8)30-17-31-43(9)32-33-44-34-45(48(50)51)35-46(52-10)47(44)49/h18,20,22,24,26,28,30,32,34-35,49H,11-17,19,21,23,25,27,29,31,33H2,1-10H3,(H,50,51)/b37-20+,38-22+,39-24+,40-26+,41-28+,42-30+,43-32+. The number of carbonyl (C=O) groups is 1. The van der Waals surface area contributed by atoms with Crippen LogP contribution >= 0.6 is 0 Å². The summed E-state index contributed by atoms with van der Waals surface area (Å²) in [5.74, 6) is -0.853. The van der Waals surface area contributed by atoms with Crippen LogP contribution < -0.4 is 4.74 Å². The average molecular weight is 713 g/mol. The second-order valence-electron chi connectivity index (χ2n) is 15.1. The van der Waals surface area contributed by atoms with Gasteiger partial charge in [0.05, 0.1) is 12.7 Å². The largest absolute Gasteiger partial charge is 0.504 e. The molecule has 1 aromatic carbocycles. The zero-order valence-electron chi connectivity index (χ0n) is 34.6. The molecule has 0 spiro atoms. The molecule has 0 bridgehead atoms. The minimum absolute atomic E-state index is 0.000585. The maximum absolute atomic E-state index is 11.4. The van der Waals surface area contributed by atoms with Crippen molar-refractivity contribution in [1.29, 1.82) is 0 Å². The number of methoxy groups -OCH3 is 1. The number of ether oxygens (including phenoxy) is 1. The van der Waals surface area contributed by atoms with E-state index in [4.69, 9.17) is 4.74 Å². The number of carboxylic acid groups (broad SMARTS) is 1. The van der Waals surface area contributed by atoms with Gasteiger partial charge in [-0.3, -0.25) is 0 Å². The molecule has 52 heavy (non-hydrogen) atoms. The van der Waals surface area contributed by atoms with Crippen molar-refractivity contribution in [1.82, 2.24) is 0 Å². The summed E-state index contributed by atoms with van der Waals surface area (Å²) in [4.78, 5) is 11.4. The third-order valence-electron chi connectivity index (χ3n) is 9.57. The van der Waals surface area contributed by atoms with E-state index in [0.29, 0.717) is 12.0 Å². The second-order valence-corrected chi connectivity index (χ2v) is 15.1. The summed E-state index contributed by atoms with van der Waals surface area (Å²) >= 11 is 0. The highest BCUT2D eigenvalue weighted by Crippen LogP contribution is 2.32. The van der Waals surface area contributed by atoms with Crippen molar-refractivity contribution in [2.45, 2.75) is 159 Å². The Labute approximate surface area is 318 Å². The number of aromatic hydroxyl groups is 1. The lowest BCUT2D eigenvalue weighted by Gasteiger charge is -2.10. The summed E-state index contributed by atoms with van der Waals surface area (Å²) in [7, 11) is 1.43. The summed E-state index contributed by atoms with van der Waals surface area (Å²) in [5, 5.41) is 19.8. The molecular weight excluding hydrogens is 641 g/mol. The molecule has 0 atom stereocenters. The van der Waals surface area contributed by atoms with Crippen LogP contribution in [0, 0.1) is 0 Å². The minimum Gasteiger partial charge on any atom is -0.504 e. The van der Waals surface area contributed by atoms with Crippen LogP contribution in [0.25, 0.3) is 0 Å². The molecule has 0 aliphatic carbocycles. The first kappa shape index (κ1) is 46.2. The van der Waals surface area contributed by atoms with E-state index in [9.17, 15) is 15.0 Å². The predicted octanol–water partition coefficient (Wildman–Crippen LogP) is 14.7. The van der Waals surface area contributed by atoms with Crippen LogP contribution in [0.2, 0.25) is 0 Å². The van der Waals surface area contributed by atoms with Crippen LogP contribution in [0.3, 0.4) is 0 Å². The fraction of sp³-hybridized carbons (Fsp3) is 0.521. The van der Waals surface area contributed by atoms with Gasteiger partial charge in [-0.25, -0.2) is 4.79 Å². The fourth-order valence-electron chi connectivity index (χ4n) is 5.96. The highest BCUT2D eigenvalue weighted by molar-refractivity contribution is 5.89. The highest BCUT2D eigenvalue weighted by atomic mass is 16.5. The molecular formula is C48H72O4. The molecule has 288 valence electrons. The van der Waals surface area contributed by atoms with Gasteiger partial charge in [0.2, 0.25) is 0 Å². The Balaban J connectivity index is 2.33. The van der Waals surface area contributed by atoms with Crippen LogP contribution in [0.15, 0.2) is 105 Å². The molecule has 2 N–H and O–H groups in total. The van der Waals surface area contributed by atoms with E-state index in [0.717, 1.165) is 77.0 Å². The number of allylic oxidation sites excluding steroid dienone is 16. The van der Waals surface area contributed by atoms with Gasteiger partial charge in [0.15, 0.2) is 11.5 Å². The molecule has 4 nitrogen and oxygen atoms in total. The summed E-state index contributed by atoms with van der Waals surface area (Å²) in [5.41, 5.74) is 12.2. The number of hydrogen-bond donors (Lipinski definition) is 2. The molecule has 0 aliphatic rings. The Morgan fingerprint density at radius 2 is 0.827 bits per heavy atom. The van der Waals surface area contributed by atoms with Crippen molar-refractivity contribution in [3.8, 4) is 11.5 Å². The van der Waals surface area contributed by atoms with Gasteiger partial charge in [0.1, 0.15) is 0 Å². The van der Waals surface area contributed by atoms with Gasteiger partial charge in [-0.05, 0) is 171 Å². The molecule has 0 unspecified atom stereocenters. The van der Waals surface area contributed by atoms with E-state index >= 15 is 0 Å². The molecule has 0 aliphatic heterocycles. The van der Waals surface area contributed by atoms with E-state index < -0.39 is 5.97 Å². The van der Waals surface area contributed by atoms with Crippen LogP contribution in [-0.2, 0) is 6.42 Å². The van der Waals surface area contributed by atoms with E-state index in [1.54, 1.807) is 0 Å². The van der Waals surface area contributed by atoms with Gasteiger partial charge >= 0.3 is 5.97 Å². The van der Waals surface area contributed by atoms with E-state index in [1.165, 1.54) is 76.7 Å². The summed E-state index contributed by atoms with van der Waals surface area (Å²) in [6.45, 7) is 20.0. The Hall–Kier alpha value is -3.79. The number of benzene rings is 1. The van der Waals surface area contributed by atoms with Gasteiger partial charge < -0.3 is 14.9 Å². The van der Waals surface area contributed by atoms with E-state index in [2.05, 4.69) is 111 Å². The van der Waals surface area contributed by atoms with E-state index in [-0.39, 0.29) is 17.1 Å². The zero-order chi connectivity index (χ0) is 38.9. The maximum atomic E-state index is 11.4. The van der Waals surface area contributed by atoms with Gasteiger partial charge in [-0.1, -0.05) is 93.2 Å². The highest BCUT2D eigenvalue weighted by Gasteiger charge is 2.13. The van der Waals surface area contributed by atoms with E-state index in [1.807, 2.05) is 0 Å². The van der Waals surface area contributed by atoms with Crippen LogP contribution in [0.4, 0.5) is 0 Å². The van der Waals surface area contributed by atoms with Crippen molar-refractivity contribution < 1.29 is 19.7 Å². The Bertz CT molecular complexity index is 1500. The number of carboxylic acids is 1. The summed E-state index contributed by atoms with van der Waals surface area (Å²) in [6.07, 6.45) is 34.7. The summed E-state index contributed by atoms with van der Waals surface area (Å²) in [6, 6.07) is 2.86. The van der Waals surface area contributed by atoms with Crippen LogP contribution in [0.1, 0.15) is 168 Å². The lowest BCUT2D eigenvalue weighted by molar-refractivity contribution is 0.0696. The minimum atomic E-state index is -1.04. The SMILES string of the molecule is COc1cc(C(=O)O)cc(C/C=C(\C)CC/C=C(\C)CC/C=C(\C)CC/C=C(\C)CC/C=C(\C)CC/C=C(\C)CC/C=C(\C)CCC=C(C)C)c1O. The first-order chi connectivity index (χ1) is 24.7. The predicted molar refractivity (Wildman–Crippen MR) is 226 cm³/mol. The Morgan fingerprint density at radius 1 is 0.519 bits per heavy atom. The number of aromatic carboxylic acids is 1. The van der Waals surface area contributed by atoms with Crippen molar-refractivity contribution in [3.05, 3.63) is 116 Å². The Morgan fingerprint density at radius 3 is 1.12 bits per heavy atom. The first-order valence-electron chi connectivity index (χ1n) is 19.6. The zero-order valence-corrected chi connectivity index (χ0v) is 34.6. The van der Waals surface area contributed by atoms with Gasteiger partial charge in [0.25, 0.3) is 0 Å². The monoisotopic (exact) mass is 713 g/mol. The number of phenolic OH excluding ortho intramolecular Hbond substituents is 1. The molecule has 0 amide bonds. The van der Waals surface area contributed by atoms with Gasteiger partial charge in [-0.2, -0.15) is 0 Å². The Kier molecular flexibility index (Phi) is 23.9. The molecule has 0 fully saturated rings. The third kappa shape index (κ3) is 22.2. The molecule has 0 aromatic heterocycles. The third-order valence-corrected chi connectivity index (χ3v) is 9.57. The van der Waals surface area contributed by atoms with Crippen LogP contribution in [0.5, 0.6) is 11.5 Å². The van der Waals surface area contributed by atoms with Crippen molar-refractivity contribution in [3.63, 3.8) is 0 Å². The number of hydrogen-bond acceptors (Lipinski definition) is 3. The molecule has 0 radical (unpaired) electrons. The fourth-order valence-corrected chi connectivity index (χ4v) is 5.96. The molecule has 0 saturated heterocycles. The van der Waals surface area contributed by atoms with Crippen molar-refractivity contribution in [2.75, 3.05) is 7.11 Å². The lowest BCUT2D eigenvalue weighted by Crippen LogP contribution is -2.00. The number of phenols is 1. The van der Waals surface area contributed by atoms with Crippen molar-refractivity contribution in [2.24, 2.45) is 0 Å². The van der Waals surface area contributed by atoms with Crippen molar-refractivity contribution >= 4 is 5.97 Å². The van der Waals surface area contributed by atoms with Gasteiger partial charge in [-0.15, -0.1) is 0 Å². The smallest absolute Gasteiger partial charge is 0.335 e. The second kappa shape index (κ2) is 26.9.